The molecule has 8 heteroatoms. The van der Waals surface area contributed by atoms with Crippen molar-refractivity contribution in [1.82, 2.24) is 4.98 Å². The normalized spacial score (nSPS) is 21.2. The molecule has 2 atom stereocenters. The van der Waals surface area contributed by atoms with Crippen LogP contribution in [-0.2, 0) is 0 Å². The van der Waals surface area contributed by atoms with Crippen molar-refractivity contribution in [3.8, 4) is 0 Å². The Morgan fingerprint density at radius 2 is 1.88 bits per heavy atom. The number of hydrogen-bond acceptors (Lipinski definition) is 5. The Labute approximate surface area is 206 Å². The first-order valence-corrected chi connectivity index (χ1v) is 12.3. The van der Waals surface area contributed by atoms with Gasteiger partial charge in [0.1, 0.15) is 4.88 Å². The first kappa shape index (κ1) is 22.1. The second kappa shape index (κ2) is 8.93. The summed E-state index contributed by atoms with van der Waals surface area (Å²) in [5, 5.41) is 18.4. The van der Waals surface area contributed by atoms with E-state index in [4.69, 9.17) is 28.3 Å². The molecule has 0 bridgehead atoms. The molecule has 1 saturated carbocycles. The van der Waals surface area contributed by atoms with E-state index in [1.54, 1.807) is 6.92 Å². The molecule has 5 nitrogen and oxygen atoms in total. The monoisotopic (exact) mass is 497 g/mol. The van der Waals surface area contributed by atoms with E-state index < -0.39 is 5.97 Å². The molecule has 0 amide bonds. The van der Waals surface area contributed by atoms with E-state index in [9.17, 15) is 9.90 Å². The lowest BCUT2D eigenvalue weighted by molar-refractivity contribution is 0.0701. The number of carbonyl (C=O) groups is 1. The molecule has 2 aliphatic rings. The summed E-state index contributed by atoms with van der Waals surface area (Å²) in [7, 11) is 0. The molecule has 0 spiro atoms. The van der Waals surface area contributed by atoms with Crippen molar-refractivity contribution in [2.75, 3.05) is 5.01 Å². The molecule has 2 aromatic carbocycles. The average Bonchev–Trinajstić information content (AvgIpc) is 3.37. The molecular weight excluding hydrogens is 477 g/mol. The van der Waals surface area contributed by atoms with Gasteiger partial charge in [0.2, 0.25) is 5.13 Å². The molecule has 1 N–H and O–H groups in total. The van der Waals surface area contributed by atoms with Crippen LogP contribution < -0.4 is 5.01 Å². The lowest BCUT2D eigenvalue weighted by Crippen LogP contribution is -2.28. The number of anilines is 1. The number of aromatic nitrogens is 1. The highest BCUT2D eigenvalue weighted by Gasteiger charge is 2.44. The number of hydrazone groups is 1. The first-order chi connectivity index (χ1) is 15.9. The quantitative estimate of drug-likeness (QED) is 0.411. The second-order valence-electron chi connectivity index (χ2n) is 8.20. The van der Waals surface area contributed by atoms with Crippen molar-refractivity contribution in [2.45, 2.75) is 32.2 Å². The van der Waals surface area contributed by atoms with Crippen molar-refractivity contribution in [2.24, 2.45) is 11.0 Å². The third-order valence-corrected chi connectivity index (χ3v) is 7.96. The van der Waals surface area contributed by atoms with Crippen LogP contribution in [0.4, 0.5) is 5.13 Å². The number of aryl methyl sites for hydroxylation is 1. The summed E-state index contributed by atoms with van der Waals surface area (Å²) in [5.41, 5.74) is 4.55. The SMILES string of the molecule is Cc1nc(N2N=C3/C(=C/c4ccccc4Cl)CCC[C@@H]3[C@H]2c2ccccc2Cl)sc1C(=O)O. The van der Waals surface area contributed by atoms with Gasteiger partial charge < -0.3 is 5.11 Å². The van der Waals surface area contributed by atoms with E-state index >= 15 is 0 Å². The summed E-state index contributed by atoms with van der Waals surface area (Å²) in [6.45, 7) is 1.72. The van der Waals surface area contributed by atoms with Crippen LogP contribution in [0.5, 0.6) is 0 Å². The molecule has 168 valence electrons. The fraction of sp³-hybridized carbons (Fsp3) is 0.240. The Balaban J connectivity index is 1.64. The summed E-state index contributed by atoms with van der Waals surface area (Å²) in [6.07, 6.45) is 5.00. The lowest BCUT2D eigenvalue weighted by atomic mass is 9.77. The third kappa shape index (κ3) is 4.07. The number of carboxylic acids is 1. The van der Waals surface area contributed by atoms with Crippen molar-refractivity contribution < 1.29 is 9.90 Å². The standard InChI is InChI=1S/C25H21Cl2N3O2S/c1-14-23(24(31)32)33-25(28-14)30-22(17-9-3-5-12-20(17)27)18-10-6-8-16(21(18)29-30)13-15-7-2-4-11-19(15)26/h2-5,7,9,11-13,18,22H,6,8,10H2,1H3,(H,31,32)/b16-13+/t18-,22+/m0/s1. The summed E-state index contributed by atoms with van der Waals surface area (Å²) in [6, 6.07) is 15.4. The third-order valence-electron chi connectivity index (χ3n) is 6.14. The first-order valence-electron chi connectivity index (χ1n) is 10.7. The molecule has 2 heterocycles. The highest BCUT2D eigenvalue weighted by Crippen LogP contribution is 2.48. The smallest absolute Gasteiger partial charge is 0.347 e. The molecule has 1 fully saturated rings. The van der Waals surface area contributed by atoms with Gasteiger partial charge in [-0.15, -0.1) is 0 Å². The van der Waals surface area contributed by atoms with Crippen LogP contribution in [0.15, 0.2) is 59.2 Å². The number of allylic oxidation sites excluding steroid dienone is 1. The van der Waals surface area contributed by atoms with Gasteiger partial charge in [0.05, 0.1) is 17.4 Å². The number of rotatable bonds is 4. The minimum absolute atomic E-state index is 0.116. The predicted molar refractivity (Wildman–Crippen MR) is 135 cm³/mol. The van der Waals surface area contributed by atoms with E-state index in [1.807, 2.05) is 53.5 Å². The van der Waals surface area contributed by atoms with Gasteiger partial charge in [0.15, 0.2) is 0 Å². The molecule has 5 rings (SSSR count). The Morgan fingerprint density at radius 3 is 2.58 bits per heavy atom. The minimum Gasteiger partial charge on any atom is -0.477 e. The molecule has 1 aromatic heterocycles. The van der Waals surface area contributed by atoms with Crippen LogP contribution in [0.25, 0.3) is 6.08 Å². The largest absolute Gasteiger partial charge is 0.477 e. The number of nitrogens with zero attached hydrogens (tertiary/aromatic N) is 3. The number of halogens is 2. The average molecular weight is 498 g/mol. The van der Waals surface area contributed by atoms with Crippen molar-refractivity contribution in [3.05, 3.63) is 85.8 Å². The molecule has 1 aliphatic carbocycles. The van der Waals surface area contributed by atoms with Gasteiger partial charge in [0, 0.05) is 16.0 Å². The lowest BCUT2D eigenvalue weighted by Gasteiger charge is -2.30. The van der Waals surface area contributed by atoms with Crippen LogP contribution >= 0.6 is 34.5 Å². The Hall–Kier alpha value is -2.67. The number of hydrogen-bond donors (Lipinski definition) is 1. The summed E-state index contributed by atoms with van der Waals surface area (Å²) < 4.78 is 0. The van der Waals surface area contributed by atoms with Crippen LogP contribution in [-0.4, -0.2) is 21.8 Å². The summed E-state index contributed by atoms with van der Waals surface area (Å²) >= 11 is 14.2. The number of aromatic carboxylic acids is 1. The highest BCUT2D eigenvalue weighted by molar-refractivity contribution is 7.17. The summed E-state index contributed by atoms with van der Waals surface area (Å²) in [5.74, 6) is -0.862. The van der Waals surface area contributed by atoms with E-state index in [0.717, 1.165) is 53.0 Å². The molecule has 0 radical (unpaired) electrons. The molecule has 1 aliphatic heterocycles. The number of fused-ring (bicyclic) bond motifs is 1. The van der Waals surface area contributed by atoms with Gasteiger partial charge >= 0.3 is 5.97 Å². The fourth-order valence-electron chi connectivity index (χ4n) is 4.64. The fourth-order valence-corrected chi connectivity index (χ4v) is 5.97. The van der Waals surface area contributed by atoms with Crippen LogP contribution in [0, 0.1) is 12.8 Å². The Morgan fingerprint density at radius 1 is 1.15 bits per heavy atom. The van der Waals surface area contributed by atoms with Crippen LogP contribution in [0.1, 0.15) is 51.8 Å². The molecule has 0 saturated heterocycles. The maximum atomic E-state index is 11.7. The van der Waals surface area contributed by atoms with E-state index in [1.165, 1.54) is 0 Å². The molecule has 0 unspecified atom stereocenters. The zero-order valence-corrected chi connectivity index (χ0v) is 20.2. The Bertz CT molecular complexity index is 1300. The number of thiazole rings is 1. The van der Waals surface area contributed by atoms with Gasteiger partial charge in [-0.3, -0.25) is 0 Å². The number of benzene rings is 2. The van der Waals surface area contributed by atoms with E-state index in [0.29, 0.717) is 20.9 Å². The highest BCUT2D eigenvalue weighted by atomic mass is 35.5. The maximum Gasteiger partial charge on any atom is 0.347 e. The molecular formula is C25H21Cl2N3O2S. The molecule has 3 aromatic rings. The van der Waals surface area contributed by atoms with Gasteiger partial charge in [-0.25, -0.2) is 14.8 Å². The molecule has 33 heavy (non-hydrogen) atoms. The van der Waals surface area contributed by atoms with Crippen LogP contribution in [0.3, 0.4) is 0 Å². The predicted octanol–water partition coefficient (Wildman–Crippen LogP) is 7.26. The zero-order valence-electron chi connectivity index (χ0n) is 17.8. The van der Waals surface area contributed by atoms with Crippen molar-refractivity contribution >= 4 is 57.4 Å². The van der Waals surface area contributed by atoms with Gasteiger partial charge in [-0.2, -0.15) is 5.10 Å². The van der Waals surface area contributed by atoms with Crippen molar-refractivity contribution in [3.63, 3.8) is 0 Å². The van der Waals surface area contributed by atoms with Crippen LogP contribution in [0.2, 0.25) is 10.0 Å². The van der Waals surface area contributed by atoms with Gasteiger partial charge in [-0.05, 0) is 61.1 Å². The maximum absolute atomic E-state index is 11.7. The van der Waals surface area contributed by atoms with E-state index in [-0.39, 0.29) is 16.8 Å². The zero-order chi connectivity index (χ0) is 23.1. The van der Waals surface area contributed by atoms with E-state index in [2.05, 4.69) is 11.1 Å². The van der Waals surface area contributed by atoms with Gasteiger partial charge in [-0.1, -0.05) is 70.9 Å². The van der Waals surface area contributed by atoms with Crippen molar-refractivity contribution in [1.29, 1.82) is 0 Å². The minimum atomic E-state index is -0.978. The second-order valence-corrected chi connectivity index (χ2v) is 9.99. The number of carboxylic acid groups (broad SMARTS) is 1. The summed E-state index contributed by atoms with van der Waals surface area (Å²) in [4.78, 5) is 16.5. The Kier molecular flexibility index (Phi) is 5.99. The topological polar surface area (TPSA) is 65.8 Å². The van der Waals surface area contributed by atoms with Gasteiger partial charge in [0.25, 0.3) is 0 Å².